The molecule has 1 saturated carbocycles. The lowest BCUT2D eigenvalue weighted by Gasteiger charge is -2.29. The number of aliphatic hydroxyl groups is 1. The standard InChI is InChI=1S/C15H28O4/c1-4-15(2,3)14(16)18-8-7-17-10-11-5-6-12-13(9-11)19-12/h11-14,16H,4-10H2,1-3H3. The average molecular weight is 272 g/mol. The first-order valence-electron chi connectivity index (χ1n) is 7.56. The lowest BCUT2D eigenvalue weighted by atomic mass is 9.89. The van der Waals surface area contributed by atoms with Gasteiger partial charge >= 0.3 is 0 Å². The number of aliphatic hydroxyl groups excluding tert-OH is 1. The molecular formula is C15H28O4. The van der Waals surface area contributed by atoms with Crippen LogP contribution in [-0.2, 0) is 14.2 Å². The number of hydrogen-bond donors (Lipinski definition) is 1. The second kappa shape index (κ2) is 6.53. The van der Waals surface area contributed by atoms with E-state index in [-0.39, 0.29) is 5.41 Å². The van der Waals surface area contributed by atoms with Gasteiger partial charge in [-0.15, -0.1) is 0 Å². The van der Waals surface area contributed by atoms with Gasteiger partial charge in [0.2, 0.25) is 0 Å². The highest BCUT2D eigenvalue weighted by Gasteiger charge is 2.43. The lowest BCUT2D eigenvalue weighted by Crippen LogP contribution is -2.32. The number of epoxide rings is 1. The van der Waals surface area contributed by atoms with Crippen LogP contribution in [0.1, 0.15) is 46.5 Å². The first kappa shape index (κ1) is 15.2. The minimum atomic E-state index is -0.712. The van der Waals surface area contributed by atoms with Gasteiger partial charge in [-0.05, 0) is 31.6 Å². The van der Waals surface area contributed by atoms with E-state index in [2.05, 4.69) is 6.92 Å². The van der Waals surface area contributed by atoms with Crippen molar-refractivity contribution in [3.05, 3.63) is 0 Å². The Hall–Kier alpha value is -0.160. The molecule has 0 aromatic heterocycles. The molecular weight excluding hydrogens is 244 g/mol. The second-order valence-corrected chi connectivity index (χ2v) is 6.53. The molecule has 1 heterocycles. The highest BCUT2D eigenvalue weighted by atomic mass is 16.6. The number of fused-ring (bicyclic) bond motifs is 1. The van der Waals surface area contributed by atoms with Gasteiger partial charge in [0.1, 0.15) is 0 Å². The lowest BCUT2D eigenvalue weighted by molar-refractivity contribution is -0.173. The van der Waals surface area contributed by atoms with Gasteiger partial charge in [0, 0.05) is 12.0 Å². The molecule has 4 heteroatoms. The number of rotatable bonds is 8. The molecule has 0 bridgehead atoms. The van der Waals surface area contributed by atoms with E-state index in [1.54, 1.807) is 0 Å². The molecule has 0 aromatic carbocycles. The smallest absolute Gasteiger partial charge is 0.159 e. The average Bonchev–Trinajstić information content (AvgIpc) is 3.16. The quantitative estimate of drug-likeness (QED) is 0.418. The largest absolute Gasteiger partial charge is 0.379 e. The zero-order chi connectivity index (χ0) is 13.9. The van der Waals surface area contributed by atoms with Crippen LogP contribution < -0.4 is 0 Å². The zero-order valence-corrected chi connectivity index (χ0v) is 12.4. The van der Waals surface area contributed by atoms with Crippen molar-refractivity contribution in [3.63, 3.8) is 0 Å². The van der Waals surface area contributed by atoms with E-state index < -0.39 is 6.29 Å². The van der Waals surface area contributed by atoms with Crippen molar-refractivity contribution >= 4 is 0 Å². The maximum atomic E-state index is 9.87. The van der Waals surface area contributed by atoms with Crippen molar-refractivity contribution in [2.75, 3.05) is 19.8 Å². The topological polar surface area (TPSA) is 51.2 Å². The van der Waals surface area contributed by atoms with Gasteiger partial charge in [0.05, 0.1) is 25.4 Å². The van der Waals surface area contributed by atoms with Gasteiger partial charge in [-0.3, -0.25) is 0 Å². The Labute approximate surface area is 116 Å². The Bertz CT molecular complexity index is 279. The molecule has 4 nitrogen and oxygen atoms in total. The molecule has 2 fully saturated rings. The monoisotopic (exact) mass is 272 g/mol. The Morgan fingerprint density at radius 2 is 2.05 bits per heavy atom. The molecule has 1 aliphatic heterocycles. The molecule has 112 valence electrons. The van der Waals surface area contributed by atoms with Crippen LogP contribution in [0.15, 0.2) is 0 Å². The van der Waals surface area contributed by atoms with Crippen molar-refractivity contribution in [2.45, 2.75) is 65.0 Å². The van der Waals surface area contributed by atoms with Crippen LogP contribution in [0.2, 0.25) is 0 Å². The maximum absolute atomic E-state index is 9.87. The van der Waals surface area contributed by atoms with Crippen molar-refractivity contribution < 1.29 is 19.3 Å². The molecule has 0 radical (unpaired) electrons. The molecule has 2 aliphatic rings. The molecule has 4 unspecified atom stereocenters. The first-order valence-corrected chi connectivity index (χ1v) is 7.56. The summed E-state index contributed by atoms with van der Waals surface area (Å²) in [6.45, 7) is 7.88. The molecule has 1 aliphatic carbocycles. The van der Waals surface area contributed by atoms with Crippen LogP contribution in [0.4, 0.5) is 0 Å². The highest BCUT2D eigenvalue weighted by molar-refractivity contribution is 4.91. The third kappa shape index (κ3) is 4.42. The summed E-state index contributed by atoms with van der Waals surface area (Å²) in [5.74, 6) is 0.640. The summed E-state index contributed by atoms with van der Waals surface area (Å²) in [6.07, 6.45) is 4.82. The van der Waals surface area contributed by atoms with Crippen molar-refractivity contribution in [2.24, 2.45) is 11.3 Å². The van der Waals surface area contributed by atoms with E-state index in [4.69, 9.17) is 14.2 Å². The van der Waals surface area contributed by atoms with Crippen LogP contribution in [0, 0.1) is 11.3 Å². The fourth-order valence-electron chi connectivity index (χ4n) is 2.51. The molecule has 0 aromatic rings. The summed E-state index contributed by atoms with van der Waals surface area (Å²) < 4.78 is 16.6. The molecule has 4 atom stereocenters. The molecule has 0 spiro atoms. The number of ether oxygens (including phenoxy) is 3. The molecule has 1 N–H and O–H groups in total. The van der Waals surface area contributed by atoms with Crippen LogP contribution in [0.3, 0.4) is 0 Å². The van der Waals surface area contributed by atoms with E-state index >= 15 is 0 Å². The van der Waals surface area contributed by atoms with Crippen molar-refractivity contribution in [3.8, 4) is 0 Å². The van der Waals surface area contributed by atoms with Crippen molar-refractivity contribution in [1.29, 1.82) is 0 Å². The normalized spacial score (nSPS) is 31.9. The minimum Gasteiger partial charge on any atom is -0.379 e. The highest BCUT2D eigenvalue weighted by Crippen LogP contribution is 2.39. The van der Waals surface area contributed by atoms with Gasteiger partial charge in [0.25, 0.3) is 0 Å². The predicted octanol–water partition coefficient (Wildman–Crippen LogP) is 2.34. The van der Waals surface area contributed by atoms with Crippen LogP contribution in [0.25, 0.3) is 0 Å². The van der Waals surface area contributed by atoms with E-state index in [9.17, 15) is 5.11 Å². The van der Waals surface area contributed by atoms with Gasteiger partial charge in [-0.2, -0.15) is 0 Å². The molecule has 19 heavy (non-hydrogen) atoms. The van der Waals surface area contributed by atoms with Crippen LogP contribution in [0.5, 0.6) is 0 Å². The SMILES string of the molecule is CCC(C)(C)C(O)OCCOCC1CCC2OC2C1. The Morgan fingerprint density at radius 3 is 2.74 bits per heavy atom. The summed E-state index contributed by atoms with van der Waals surface area (Å²) in [4.78, 5) is 0. The van der Waals surface area contributed by atoms with Crippen LogP contribution in [-0.4, -0.2) is 43.4 Å². The third-order valence-corrected chi connectivity index (χ3v) is 4.55. The van der Waals surface area contributed by atoms with Gasteiger partial charge in [0.15, 0.2) is 6.29 Å². The van der Waals surface area contributed by atoms with Gasteiger partial charge in [-0.25, -0.2) is 0 Å². The van der Waals surface area contributed by atoms with Crippen molar-refractivity contribution in [1.82, 2.24) is 0 Å². The Kier molecular flexibility index (Phi) is 5.23. The van der Waals surface area contributed by atoms with Gasteiger partial charge in [-0.1, -0.05) is 20.8 Å². The maximum Gasteiger partial charge on any atom is 0.159 e. The molecule has 2 rings (SSSR count). The van der Waals surface area contributed by atoms with E-state index in [1.807, 2.05) is 13.8 Å². The summed E-state index contributed by atoms with van der Waals surface area (Å²) >= 11 is 0. The summed E-state index contributed by atoms with van der Waals surface area (Å²) in [5.41, 5.74) is -0.193. The fourth-order valence-corrected chi connectivity index (χ4v) is 2.51. The summed E-state index contributed by atoms with van der Waals surface area (Å²) in [5, 5.41) is 9.87. The van der Waals surface area contributed by atoms with E-state index in [0.717, 1.165) is 19.4 Å². The first-order chi connectivity index (χ1) is 9.03. The third-order valence-electron chi connectivity index (χ3n) is 4.55. The Morgan fingerprint density at radius 1 is 1.26 bits per heavy atom. The predicted molar refractivity (Wildman–Crippen MR) is 72.9 cm³/mol. The fraction of sp³-hybridized carbons (Fsp3) is 1.00. The van der Waals surface area contributed by atoms with E-state index in [1.165, 1.54) is 12.8 Å². The van der Waals surface area contributed by atoms with Crippen LogP contribution >= 0.6 is 0 Å². The summed E-state index contributed by atoms with van der Waals surface area (Å²) in [6, 6.07) is 0. The second-order valence-electron chi connectivity index (χ2n) is 6.53. The minimum absolute atomic E-state index is 0.193. The summed E-state index contributed by atoms with van der Waals surface area (Å²) in [7, 11) is 0. The zero-order valence-electron chi connectivity index (χ0n) is 12.4. The molecule has 1 saturated heterocycles. The molecule has 0 amide bonds. The van der Waals surface area contributed by atoms with Gasteiger partial charge < -0.3 is 19.3 Å². The number of hydrogen-bond acceptors (Lipinski definition) is 4. The Balaban J connectivity index is 1.50. The van der Waals surface area contributed by atoms with E-state index in [0.29, 0.717) is 31.3 Å².